The predicted molar refractivity (Wildman–Crippen MR) is 112 cm³/mol. The molecule has 27 heavy (non-hydrogen) atoms. The molecule has 0 saturated heterocycles. The molecule has 2 aromatic carbocycles. The summed E-state index contributed by atoms with van der Waals surface area (Å²) >= 11 is 2.93. The molecule has 3 aromatic rings. The van der Waals surface area contributed by atoms with Crippen LogP contribution in [0.3, 0.4) is 0 Å². The van der Waals surface area contributed by atoms with E-state index >= 15 is 0 Å². The number of hydrogen-bond acceptors (Lipinski definition) is 6. The maximum absolute atomic E-state index is 12.9. The van der Waals surface area contributed by atoms with Crippen LogP contribution in [0.1, 0.15) is 18.1 Å². The Balaban J connectivity index is 1.41. The average Bonchev–Trinajstić information content (AvgIpc) is 3.28. The number of carbonyl (C=O) groups is 1. The number of thioether (sulfide) groups is 1. The highest BCUT2D eigenvalue weighted by Crippen LogP contribution is 2.34. The first-order valence-electron chi connectivity index (χ1n) is 8.83. The van der Waals surface area contributed by atoms with Crippen LogP contribution in [-0.4, -0.2) is 27.9 Å². The Bertz CT molecular complexity index is 972. The van der Waals surface area contributed by atoms with Crippen molar-refractivity contribution in [2.24, 2.45) is 0 Å². The second kappa shape index (κ2) is 7.70. The number of aromatic nitrogens is 2. The molecule has 2 heterocycles. The molecule has 4 rings (SSSR count). The Kier molecular flexibility index (Phi) is 5.13. The fourth-order valence-corrected chi connectivity index (χ4v) is 5.12. The molecule has 1 N–H and O–H groups in total. The fourth-order valence-electron chi connectivity index (χ4n) is 3.14. The van der Waals surface area contributed by atoms with E-state index in [1.54, 1.807) is 0 Å². The van der Waals surface area contributed by atoms with Crippen molar-refractivity contribution < 1.29 is 4.79 Å². The first-order chi connectivity index (χ1) is 13.1. The van der Waals surface area contributed by atoms with Crippen molar-refractivity contribution in [1.82, 2.24) is 10.2 Å². The summed E-state index contributed by atoms with van der Waals surface area (Å²) in [5.41, 5.74) is 4.45. The summed E-state index contributed by atoms with van der Waals surface area (Å²) < 4.78 is 0.790. The van der Waals surface area contributed by atoms with E-state index in [1.165, 1.54) is 34.2 Å². The molecule has 0 saturated carbocycles. The second-order valence-electron chi connectivity index (χ2n) is 6.50. The Morgan fingerprint density at radius 2 is 2.07 bits per heavy atom. The molecule has 0 radical (unpaired) electrons. The third-order valence-corrected chi connectivity index (χ3v) is 6.46. The van der Waals surface area contributed by atoms with Crippen molar-refractivity contribution in [2.75, 3.05) is 16.8 Å². The molecule has 0 fully saturated rings. The number of nitrogens with one attached hydrogen (secondary N) is 1. The number of hydrogen-bond donors (Lipinski definition) is 1. The Morgan fingerprint density at radius 3 is 2.93 bits per heavy atom. The number of amides is 1. The van der Waals surface area contributed by atoms with E-state index < -0.39 is 0 Å². The van der Waals surface area contributed by atoms with Crippen molar-refractivity contribution >= 4 is 45.5 Å². The Hall–Kier alpha value is -2.38. The van der Waals surface area contributed by atoms with Crippen LogP contribution < -0.4 is 10.2 Å². The molecular weight excluding hydrogens is 376 g/mol. The number of nitrogens with zero attached hydrogens (tertiary/aromatic N) is 3. The van der Waals surface area contributed by atoms with Gasteiger partial charge in [-0.15, -0.1) is 10.2 Å². The fraction of sp³-hybridized carbons (Fsp3) is 0.250. The Labute approximate surface area is 166 Å². The minimum Gasteiger partial charge on any atom is -0.330 e. The molecule has 0 spiro atoms. The van der Waals surface area contributed by atoms with Gasteiger partial charge >= 0.3 is 0 Å². The van der Waals surface area contributed by atoms with Gasteiger partial charge in [0.15, 0.2) is 4.34 Å². The topological polar surface area (TPSA) is 58.1 Å². The normalized spacial score (nSPS) is 14.1. The molecule has 5 nitrogen and oxygen atoms in total. The van der Waals surface area contributed by atoms with Gasteiger partial charge in [-0.25, -0.2) is 0 Å². The third kappa shape index (κ3) is 3.99. The summed E-state index contributed by atoms with van der Waals surface area (Å²) in [6, 6.07) is 16.2. The first kappa shape index (κ1) is 18.0. The molecule has 1 aromatic heterocycles. The lowest BCUT2D eigenvalue weighted by atomic mass is 10.2. The van der Waals surface area contributed by atoms with E-state index in [4.69, 9.17) is 0 Å². The van der Waals surface area contributed by atoms with E-state index in [0.29, 0.717) is 0 Å². The van der Waals surface area contributed by atoms with Gasteiger partial charge in [-0.3, -0.25) is 4.79 Å². The molecule has 1 aliphatic heterocycles. The number of aryl methyl sites for hydroxylation is 1. The van der Waals surface area contributed by atoms with Gasteiger partial charge in [0, 0.05) is 17.9 Å². The summed E-state index contributed by atoms with van der Waals surface area (Å²) in [5, 5.41) is 12.2. The van der Waals surface area contributed by atoms with Crippen molar-refractivity contribution in [2.45, 2.75) is 29.9 Å². The van der Waals surface area contributed by atoms with Gasteiger partial charge in [0.05, 0.1) is 5.25 Å². The van der Waals surface area contributed by atoms with Gasteiger partial charge in [0.1, 0.15) is 0 Å². The maximum atomic E-state index is 12.9. The average molecular weight is 397 g/mol. The van der Waals surface area contributed by atoms with Crippen LogP contribution in [0, 0.1) is 6.92 Å². The molecule has 1 aliphatic rings. The van der Waals surface area contributed by atoms with Crippen molar-refractivity contribution in [1.29, 1.82) is 0 Å². The molecule has 138 valence electrons. The monoisotopic (exact) mass is 396 g/mol. The van der Waals surface area contributed by atoms with Crippen LogP contribution in [0.4, 0.5) is 16.5 Å². The molecule has 0 aliphatic carbocycles. The maximum Gasteiger partial charge on any atom is 0.240 e. The van der Waals surface area contributed by atoms with E-state index in [9.17, 15) is 4.79 Å². The first-order valence-corrected chi connectivity index (χ1v) is 10.5. The van der Waals surface area contributed by atoms with Crippen LogP contribution >= 0.6 is 23.1 Å². The van der Waals surface area contributed by atoms with Crippen LogP contribution in [0.5, 0.6) is 0 Å². The lowest BCUT2D eigenvalue weighted by molar-refractivity contribution is -0.117. The number of anilines is 3. The number of rotatable bonds is 5. The summed E-state index contributed by atoms with van der Waals surface area (Å²) in [5.74, 6) is 0.119. The molecule has 0 unspecified atom stereocenters. The molecule has 1 amide bonds. The standard InChI is InChI=1S/C20H20N4OS2/c1-13-6-5-8-16(12-13)21-19-22-23-20(27-19)26-14(2)18(25)24-11-10-15-7-3-4-9-17(15)24/h3-9,12,14H,10-11H2,1-2H3,(H,21,22)/t14-/m0/s1. The summed E-state index contributed by atoms with van der Waals surface area (Å²) in [4.78, 5) is 14.8. The Morgan fingerprint density at radius 1 is 1.22 bits per heavy atom. The van der Waals surface area contributed by atoms with Gasteiger partial charge in [0.2, 0.25) is 11.0 Å². The van der Waals surface area contributed by atoms with Gasteiger partial charge < -0.3 is 10.2 Å². The highest BCUT2D eigenvalue weighted by molar-refractivity contribution is 8.02. The molecule has 7 heteroatoms. The van der Waals surface area contributed by atoms with E-state index in [-0.39, 0.29) is 11.2 Å². The highest BCUT2D eigenvalue weighted by atomic mass is 32.2. The van der Waals surface area contributed by atoms with Gasteiger partial charge in [0.25, 0.3) is 0 Å². The van der Waals surface area contributed by atoms with E-state index in [2.05, 4.69) is 40.6 Å². The third-order valence-electron chi connectivity index (χ3n) is 4.45. The number of benzene rings is 2. The zero-order valence-corrected chi connectivity index (χ0v) is 16.8. The largest absolute Gasteiger partial charge is 0.330 e. The molecule has 1 atom stereocenters. The van der Waals surface area contributed by atoms with Crippen molar-refractivity contribution in [3.63, 3.8) is 0 Å². The minimum atomic E-state index is -0.212. The highest BCUT2D eigenvalue weighted by Gasteiger charge is 2.28. The lowest BCUT2D eigenvalue weighted by Gasteiger charge is -2.20. The zero-order valence-electron chi connectivity index (χ0n) is 15.2. The number of fused-ring (bicyclic) bond motifs is 1. The molecular formula is C20H20N4OS2. The summed E-state index contributed by atoms with van der Waals surface area (Å²) in [6.45, 7) is 4.73. The van der Waals surface area contributed by atoms with E-state index in [0.717, 1.165) is 33.8 Å². The van der Waals surface area contributed by atoms with Crippen LogP contribution in [0.2, 0.25) is 0 Å². The summed E-state index contributed by atoms with van der Waals surface area (Å²) in [6.07, 6.45) is 0.919. The van der Waals surface area contributed by atoms with Crippen LogP contribution in [0.15, 0.2) is 52.9 Å². The minimum absolute atomic E-state index is 0.119. The quantitative estimate of drug-likeness (QED) is 0.636. The second-order valence-corrected chi connectivity index (χ2v) is 9.06. The van der Waals surface area contributed by atoms with Crippen LogP contribution in [-0.2, 0) is 11.2 Å². The number of carbonyl (C=O) groups excluding carboxylic acids is 1. The SMILES string of the molecule is Cc1cccc(Nc2nnc(S[C@@H](C)C(=O)N3CCc4ccccc43)s2)c1. The predicted octanol–water partition coefficient (Wildman–Crippen LogP) is 4.66. The van der Waals surface area contributed by atoms with Crippen molar-refractivity contribution in [3.8, 4) is 0 Å². The lowest BCUT2D eigenvalue weighted by Crippen LogP contribution is -2.35. The smallest absolute Gasteiger partial charge is 0.240 e. The van der Waals surface area contributed by atoms with Gasteiger partial charge in [-0.2, -0.15) is 0 Å². The van der Waals surface area contributed by atoms with E-state index in [1.807, 2.05) is 42.2 Å². The van der Waals surface area contributed by atoms with Crippen molar-refractivity contribution in [3.05, 3.63) is 59.7 Å². The van der Waals surface area contributed by atoms with Gasteiger partial charge in [-0.1, -0.05) is 53.4 Å². The van der Waals surface area contributed by atoms with Gasteiger partial charge in [-0.05, 0) is 49.6 Å². The molecule has 0 bridgehead atoms. The van der Waals surface area contributed by atoms with Crippen LogP contribution in [0.25, 0.3) is 0 Å². The summed E-state index contributed by atoms with van der Waals surface area (Å²) in [7, 11) is 0. The number of para-hydroxylation sites is 1. The zero-order chi connectivity index (χ0) is 18.8.